The van der Waals surface area contributed by atoms with E-state index in [0.717, 1.165) is 57.8 Å². The molecule has 0 aromatic rings. The first-order valence-corrected chi connectivity index (χ1v) is 9.97. The molecular formula is C22H30O4. The number of hydrogen-bond donors (Lipinski definition) is 0. The fourth-order valence-corrected chi connectivity index (χ4v) is 3.95. The van der Waals surface area contributed by atoms with Gasteiger partial charge in [-0.25, -0.2) is 0 Å². The SMILES string of the molecule is O=C(OCC1(COC(=O)C2CC=CCC2)CC=CCC1)C1CC=CCC1. The van der Waals surface area contributed by atoms with E-state index in [2.05, 4.69) is 36.5 Å². The van der Waals surface area contributed by atoms with Gasteiger partial charge in [0, 0.05) is 5.41 Å². The Balaban J connectivity index is 1.53. The average molecular weight is 358 g/mol. The van der Waals surface area contributed by atoms with Gasteiger partial charge in [-0.1, -0.05) is 36.5 Å². The van der Waals surface area contributed by atoms with E-state index in [9.17, 15) is 9.59 Å². The number of hydrogen-bond acceptors (Lipinski definition) is 4. The van der Waals surface area contributed by atoms with Crippen molar-refractivity contribution in [2.24, 2.45) is 17.3 Å². The molecule has 0 spiro atoms. The van der Waals surface area contributed by atoms with Crippen molar-refractivity contribution in [1.29, 1.82) is 0 Å². The topological polar surface area (TPSA) is 52.6 Å². The Bertz CT molecular complexity index is 547. The molecule has 3 aliphatic rings. The summed E-state index contributed by atoms with van der Waals surface area (Å²) in [4.78, 5) is 24.8. The molecule has 0 bridgehead atoms. The maximum atomic E-state index is 12.4. The van der Waals surface area contributed by atoms with E-state index >= 15 is 0 Å². The van der Waals surface area contributed by atoms with Crippen molar-refractivity contribution in [1.82, 2.24) is 0 Å². The third kappa shape index (κ3) is 5.09. The zero-order chi connectivity index (χ0) is 18.2. The summed E-state index contributed by atoms with van der Waals surface area (Å²) < 4.78 is 11.4. The minimum atomic E-state index is -0.269. The first kappa shape index (κ1) is 18.9. The minimum absolute atomic E-state index is 0.0206. The molecule has 2 atom stereocenters. The van der Waals surface area contributed by atoms with Crippen LogP contribution in [0.1, 0.15) is 57.8 Å². The lowest BCUT2D eigenvalue weighted by atomic mass is 9.78. The number of carbonyl (C=O) groups is 2. The quantitative estimate of drug-likeness (QED) is 0.518. The predicted molar refractivity (Wildman–Crippen MR) is 100 cm³/mol. The molecule has 4 heteroatoms. The van der Waals surface area contributed by atoms with Gasteiger partial charge in [0.1, 0.15) is 13.2 Å². The van der Waals surface area contributed by atoms with Crippen LogP contribution in [0.3, 0.4) is 0 Å². The second kappa shape index (κ2) is 9.20. The molecule has 3 rings (SSSR count). The number of carbonyl (C=O) groups excluding carboxylic acids is 2. The van der Waals surface area contributed by atoms with Crippen molar-refractivity contribution < 1.29 is 19.1 Å². The highest BCUT2D eigenvalue weighted by molar-refractivity contribution is 5.73. The predicted octanol–water partition coefficient (Wildman–Crippen LogP) is 4.51. The Hall–Kier alpha value is -1.84. The number of esters is 2. The molecule has 4 nitrogen and oxygen atoms in total. The maximum absolute atomic E-state index is 12.4. The van der Waals surface area contributed by atoms with Gasteiger partial charge in [-0.2, -0.15) is 0 Å². The molecule has 0 aromatic carbocycles. The summed E-state index contributed by atoms with van der Waals surface area (Å²) in [5.41, 5.74) is -0.269. The molecule has 0 aromatic heterocycles. The average Bonchev–Trinajstić information content (AvgIpc) is 2.72. The van der Waals surface area contributed by atoms with Gasteiger partial charge < -0.3 is 9.47 Å². The molecule has 0 radical (unpaired) electrons. The Morgan fingerprint density at radius 3 is 1.73 bits per heavy atom. The van der Waals surface area contributed by atoms with Gasteiger partial charge in [0.2, 0.25) is 0 Å². The molecule has 26 heavy (non-hydrogen) atoms. The zero-order valence-corrected chi connectivity index (χ0v) is 15.5. The van der Waals surface area contributed by atoms with Crippen LogP contribution in [0, 0.1) is 17.3 Å². The summed E-state index contributed by atoms with van der Waals surface area (Å²) in [6.45, 7) is 0.683. The van der Waals surface area contributed by atoms with E-state index in [-0.39, 0.29) is 29.2 Å². The molecule has 2 unspecified atom stereocenters. The van der Waals surface area contributed by atoms with Gasteiger partial charge in [0.25, 0.3) is 0 Å². The highest BCUT2D eigenvalue weighted by Crippen LogP contribution is 2.35. The molecule has 0 aliphatic heterocycles. The van der Waals surface area contributed by atoms with E-state index in [1.807, 2.05) is 0 Å². The van der Waals surface area contributed by atoms with E-state index in [0.29, 0.717) is 13.2 Å². The molecule has 142 valence electrons. The van der Waals surface area contributed by atoms with Gasteiger partial charge in [-0.05, 0) is 57.8 Å². The summed E-state index contributed by atoms with van der Waals surface area (Å²) >= 11 is 0. The lowest BCUT2D eigenvalue weighted by Gasteiger charge is -2.34. The van der Waals surface area contributed by atoms with Crippen LogP contribution in [-0.4, -0.2) is 25.2 Å². The van der Waals surface area contributed by atoms with Crippen molar-refractivity contribution in [2.75, 3.05) is 13.2 Å². The van der Waals surface area contributed by atoms with Crippen LogP contribution in [0.5, 0.6) is 0 Å². The van der Waals surface area contributed by atoms with Crippen molar-refractivity contribution >= 4 is 11.9 Å². The monoisotopic (exact) mass is 358 g/mol. The molecule has 0 saturated carbocycles. The highest BCUT2D eigenvalue weighted by atomic mass is 16.5. The zero-order valence-electron chi connectivity index (χ0n) is 15.5. The molecule has 0 heterocycles. The fraction of sp³-hybridized carbons (Fsp3) is 0.636. The molecular weight excluding hydrogens is 328 g/mol. The van der Waals surface area contributed by atoms with Crippen molar-refractivity contribution in [3.8, 4) is 0 Å². The van der Waals surface area contributed by atoms with E-state index in [1.54, 1.807) is 0 Å². The van der Waals surface area contributed by atoms with E-state index in [1.165, 1.54) is 0 Å². The lowest BCUT2D eigenvalue weighted by molar-refractivity contribution is -0.160. The standard InChI is InChI=1S/C22H30O4/c23-20(18-10-4-1-5-11-18)25-16-22(14-8-3-9-15-22)17-26-21(24)19-12-6-2-7-13-19/h1-4,6,8,18-19H,5,7,9-17H2. The summed E-state index contributed by atoms with van der Waals surface area (Å²) in [5.74, 6) is -0.250. The van der Waals surface area contributed by atoms with Crippen molar-refractivity contribution in [3.63, 3.8) is 0 Å². The first-order chi connectivity index (χ1) is 12.7. The van der Waals surface area contributed by atoms with Crippen LogP contribution in [0.2, 0.25) is 0 Å². The van der Waals surface area contributed by atoms with Crippen LogP contribution in [0.4, 0.5) is 0 Å². The van der Waals surface area contributed by atoms with Gasteiger partial charge in [-0.15, -0.1) is 0 Å². The Morgan fingerprint density at radius 1 is 0.769 bits per heavy atom. The smallest absolute Gasteiger partial charge is 0.309 e. The van der Waals surface area contributed by atoms with Crippen LogP contribution < -0.4 is 0 Å². The summed E-state index contributed by atoms with van der Waals surface area (Å²) in [6, 6.07) is 0. The molecule has 3 aliphatic carbocycles. The Morgan fingerprint density at radius 2 is 1.31 bits per heavy atom. The molecule has 0 amide bonds. The summed E-state index contributed by atoms with van der Waals surface area (Å²) in [5, 5.41) is 0. The molecule has 0 saturated heterocycles. The van der Waals surface area contributed by atoms with Gasteiger partial charge in [0.05, 0.1) is 11.8 Å². The van der Waals surface area contributed by atoms with Crippen LogP contribution >= 0.6 is 0 Å². The maximum Gasteiger partial charge on any atom is 0.309 e. The van der Waals surface area contributed by atoms with Gasteiger partial charge in [0.15, 0.2) is 0 Å². The number of rotatable bonds is 6. The fourth-order valence-electron chi connectivity index (χ4n) is 3.95. The van der Waals surface area contributed by atoms with Crippen molar-refractivity contribution in [2.45, 2.75) is 57.8 Å². The Labute approximate surface area is 156 Å². The third-order valence-electron chi connectivity index (χ3n) is 5.80. The molecule has 0 N–H and O–H groups in total. The van der Waals surface area contributed by atoms with Crippen LogP contribution in [0.15, 0.2) is 36.5 Å². The number of ether oxygens (including phenoxy) is 2. The van der Waals surface area contributed by atoms with Gasteiger partial charge in [-0.3, -0.25) is 9.59 Å². The molecule has 0 fully saturated rings. The summed E-state index contributed by atoms with van der Waals surface area (Å²) in [6.07, 6.45) is 20.4. The van der Waals surface area contributed by atoms with Gasteiger partial charge >= 0.3 is 11.9 Å². The second-order valence-corrected chi connectivity index (χ2v) is 7.89. The van der Waals surface area contributed by atoms with Crippen molar-refractivity contribution in [3.05, 3.63) is 36.5 Å². The summed E-state index contributed by atoms with van der Waals surface area (Å²) in [7, 11) is 0. The first-order valence-electron chi connectivity index (χ1n) is 9.97. The third-order valence-corrected chi connectivity index (χ3v) is 5.80. The Kier molecular flexibility index (Phi) is 6.70. The largest absolute Gasteiger partial charge is 0.465 e. The lowest BCUT2D eigenvalue weighted by Crippen LogP contribution is -2.37. The normalized spacial score (nSPS) is 30.8. The highest BCUT2D eigenvalue weighted by Gasteiger charge is 2.35. The van der Waals surface area contributed by atoms with E-state index in [4.69, 9.17) is 9.47 Å². The second-order valence-electron chi connectivity index (χ2n) is 7.89. The van der Waals surface area contributed by atoms with E-state index < -0.39 is 0 Å². The minimum Gasteiger partial charge on any atom is -0.465 e. The van der Waals surface area contributed by atoms with Crippen LogP contribution in [-0.2, 0) is 19.1 Å². The number of allylic oxidation sites excluding steroid dienone is 6. The van der Waals surface area contributed by atoms with Crippen LogP contribution in [0.25, 0.3) is 0 Å².